The van der Waals surface area contributed by atoms with E-state index in [1.807, 2.05) is 72.9 Å². The maximum Gasteiger partial charge on any atom is 0.303 e. The minimum Gasteiger partial charge on any atom is -0.481 e. The van der Waals surface area contributed by atoms with E-state index in [1.165, 1.54) is 5.56 Å². The maximum atomic E-state index is 11.1. The van der Waals surface area contributed by atoms with Gasteiger partial charge in [-0.1, -0.05) is 30.3 Å². The molecule has 0 aliphatic heterocycles. The second-order valence-electron chi connectivity index (χ2n) is 8.50. The highest BCUT2D eigenvalue weighted by atomic mass is 35.5. The van der Waals surface area contributed by atoms with Gasteiger partial charge >= 0.3 is 5.97 Å². The summed E-state index contributed by atoms with van der Waals surface area (Å²) in [6.07, 6.45) is 6.32. The van der Waals surface area contributed by atoms with Crippen LogP contribution in [0.25, 0.3) is 16.6 Å². The molecule has 5 rings (SSSR count). The topological polar surface area (TPSA) is 64.3 Å². The SMILES string of the molecule is Cl.O=C(O)CCc1ccc2c(c1)c(CCc1ccccn1)cn2-c1ccc(Oc2ccccc2)cc1. The number of aromatic nitrogens is 2. The fraction of sp³-hybridized carbons (Fsp3) is 0.133. The molecule has 0 aliphatic carbocycles. The number of halogens is 1. The van der Waals surface area contributed by atoms with Gasteiger partial charge in [0.15, 0.2) is 0 Å². The Morgan fingerprint density at radius 2 is 1.58 bits per heavy atom. The van der Waals surface area contributed by atoms with Gasteiger partial charge in [-0.15, -0.1) is 12.4 Å². The molecular formula is C30H27ClN2O3. The van der Waals surface area contributed by atoms with Crippen molar-refractivity contribution in [3.05, 3.63) is 120 Å². The number of pyridine rings is 1. The average Bonchev–Trinajstić information content (AvgIpc) is 3.26. The number of fused-ring (bicyclic) bond motifs is 1. The Morgan fingerprint density at radius 1 is 0.833 bits per heavy atom. The Hall–Kier alpha value is -4.09. The predicted octanol–water partition coefficient (Wildman–Crippen LogP) is 7.04. The molecule has 0 fully saturated rings. The number of nitrogens with zero attached hydrogens (tertiary/aromatic N) is 2. The Balaban J connectivity index is 0.00000304. The van der Waals surface area contributed by atoms with E-state index in [0.29, 0.717) is 6.42 Å². The number of carboxylic acid groups (broad SMARTS) is 1. The lowest BCUT2D eigenvalue weighted by Gasteiger charge is -2.09. The van der Waals surface area contributed by atoms with Crippen LogP contribution < -0.4 is 4.74 Å². The van der Waals surface area contributed by atoms with Crippen LogP contribution in [0.3, 0.4) is 0 Å². The zero-order chi connectivity index (χ0) is 24.0. The molecule has 36 heavy (non-hydrogen) atoms. The van der Waals surface area contributed by atoms with Crippen LogP contribution in [0.2, 0.25) is 0 Å². The number of benzene rings is 3. The van der Waals surface area contributed by atoms with Crippen molar-refractivity contribution in [1.82, 2.24) is 9.55 Å². The van der Waals surface area contributed by atoms with Crippen LogP contribution in [0.15, 0.2) is 103 Å². The first-order valence-electron chi connectivity index (χ1n) is 11.7. The van der Waals surface area contributed by atoms with Crippen molar-refractivity contribution in [3.63, 3.8) is 0 Å². The highest BCUT2D eigenvalue weighted by molar-refractivity contribution is 5.86. The number of hydrogen-bond donors (Lipinski definition) is 1. The molecule has 0 radical (unpaired) electrons. The van der Waals surface area contributed by atoms with Gasteiger partial charge in [0.05, 0.1) is 5.52 Å². The second-order valence-corrected chi connectivity index (χ2v) is 8.50. The Bertz CT molecular complexity index is 1430. The lowest BCUT2D eigenvalue weighted by atomic mass is 10.0. The predicted molar refractivity (Wildman–Crippen MR) is 145 cm³/mol. The normalized spacial score (nSPS) is 10.7. The molecule has 5 nitrogen and oxygen atoms in total. The van der Waals surface area contributed by atoms with E-state index in [1.54, 1.807) is 0 Å². The van der Waals surface area contributed by atoms with Crippen LogP contribution in [-0.4, -0.2) is 20.6 Å². The van der Waals surface area contributed by atoms with E-state index in [9.17, 15) is 4.79 Å². The summed E-state index contributed by atoms with van der Waals surface area (Å²) in [4.78, 5) is 15.5. The smallest absolute Gasteiger partial charge is 0.303 e. The molecule has 2 heterocycles. The molecule has 5 aromatic rings. The standard InChI is InChI=1S/C30H26N2O3.ClH/c33-30(34)18-10-22-9-17-29-28(20-22)23(11-12-24-6-4-5-19-31-24)21-32(29)25-13-15-27(16-14-25)35-26-7-2-1-3-8-26;/h1-9,13-17,19-21H,10-12,18H2,(H,33,34);1H. The summed E-state index contributed by atoms with van der Waals surface area (Å²) >= 11 is 0. The van der Waals surface area contributed by atoms with Crippen LogP contribution in [0.1, 0.15) is 23.2 Å². The largest absolute Gasteiger partial charge is 0.481 e. The van der Waals surface area contributed by atoms with Gasteiger partial charge in [-0.25, -0.2) is 0 Å². The first-order valence-corrected chi connectivity index (χ1v) is 11.7. The fourth-order valence-electron chi connectivity index (χ4n) is 4.27. The molecule has 2 aromatic heterocycles. The van der Waals surface area contributed by atoms with Gasteiger partial charge in [-0.05, 0) is 91.1 Å². The first kappa shape index (κ1) is 25.0. The molecule has 0 saturated heterocycles. The quantitative estimate of drug-likeness (QED) is 0.236. The van der Waals surface area contributed by atoms with Crippen molar-refractivity contribution in [2.45, 2.75) is 25.7 Å². The summed E-state index contributed by atoms with van der Waals surface area (Å²) in [6, 6.07) is 30.0. The highest BCUT2D eigenvalue weighted by Crippen LogP contribution is 2.29. The Kier molecular flexibility index (Phi) is 8.03. The molecule has 6 heteroatoms. The number of para-hydroxylation sites is 1. The van der Waals surface area contributed by atoms with Gasteiger partial charge < -0.3 is 14.4 Å². The van der Waals surface area contributed by atoms with Crippen molar-refractivity contribution < 1.29 is 14.6 Å². The molecule has 1 N–H and O–H groups in total. The molecule has 0 aliphatic rings. The third kappa shape index (κ3) is 5.93. The van der Waals surface area contributed by atoms with Gasteiger partial charge in [-0.3, -0.25) is 9.78 Å². The number of hydrogen-bond acceptors (Lipinski definition) is 3. The van der Waals surface area contributed by atoms with Crippen LogP contribution in [0.5, 0.6) is 11.5 Å². The Morgan fingerprint density at radius 3 is 2.31 bits per heavy atom. The molecular weight excluding hydrogens is 472 g/mol. The highest BCUT2D eigenvalue weighted by Gasteiger charge is 2.12. The van der Waals surface area contributed by atoms with Gasteiger partial charge in [0.25, 0.3) is 0 Å². The van der Waals surface area contributed by atoms with Crippen molar-refractivity contribution in [2.75, 3.05) is 0 Å². The maximum absolute atomic E-state index is 11.1. The lowest BCUT2D eigenvalue weighted by Crippen LogP contribution is -1.97. The van der Waals surface area contributed by atoms with E-state index in [4.69, 9.17) is 9.84 Å². The summed E-state index contributed by atoms with van der Waals surface area (Å²) in [7, 11) is 0. The van der Waals surface area contributed by atoms with Gasteiger partial charge in [0.2, 0.25) is 0 Å². The van der Waals surface area contributed by atoms with Gasteiger partial charge in [0.1, 0.15) is 11.5 Å². The Labute approximate surface area is 216 Å². The van der Waals surface area contributed by atoms with Crippen LogP contribution in [-0.2, 0) is 24.1 Å². The molecule has 182 valence electrons. The number of aryl methyl sites for hydroxylation is 3. The molecule has 0 spiro atoms. The average molecular weight is 499 g/mol. The molecule has 0 saturated carbocycles. The second kappa shape index (κ2) is 11.6. The molecule has 0 atom stereocenters. The van der Waals surface area contributed by atoms with Crippen LogP contribution in [0.4, 0.5) is 0 Å². The van der Waals surface area contributed by atoms with E-state index in [2.05, 4.69) is 40.0 Å². The minimum absolute atomic E-state index is 0. The zero-order valence-corrected chi connectivity index (χ0v) is 20.5. The van der Waals surface area contributed by atoms with Crippen LogP contribution >= 0.6 is 12.4 Å². The van der Waals surface area contributed by atoms with Crippen molar-refractivity contribution in [1.29, 1.82) is 0 Å². The number of rotatable bonds is 9. The lowest BCUT2D eigenvalue weighted by molar-refractivity contribution is -0.136. The van der Waals surface area contributed by atoms with E-state index >= 15 is 0 Å². The summed E-state index contributed by atoms with van der Waals surface area (Å²) in [5.41, 5.74) is 5.43. The molecule has 0 amide bonds. The fourth-order valence-corrected chi connectivity index (χ4v) is 4.27. The summed E-state index contributed by atoms with van der Waals surface area (Å²) in [6.45, 7) is 0. The molecule has 0 bridgehead atoms. The number of aliphatic carboxylic acids is 1. The summed E-state index contributed by atoms with van der Waals surface area (Å²) in [5.74, 6) is 0.802. The third-order valence-electron chi connectivity index (χ3n) is 6.05. The van der Waals surface area contributed by atoms with E-state index < -0.39 is 5.97 Å². The van der Waals surface area contributed by atoms with Gasteiger partial charge in [-0.2, -0.15) is 0 Å². The number of carboxylic acids is 1. The van der Waals surface area contributed by atoms with Crippen molar-refractivity contribution in [3.8, 4) is 17.2 Å². The molecule has 0 unspecified atom stereocenters. The third-order valence-corrected chi connectivity index (χ3v) is 6.05. The first-order chi connectivity index (χ1) is 17.2. The number of ether oxygens (including phenoxy) is 1. The summed E-state index contributed by atoms with van der Waals surface area (Å²) in [5, 5.41) is 10.2. The van der Waals surface area contributed by atoms with Crippen molar-refractivity contribution in [2.24, 2.45) is 0 Å². The minimum atomic E-state index is -0.782. The van der Waals surface area contributed by atoms with Crippen molar-refractivity contribution >= 4 is 29.3 Å². The van der Waals surface area contributed by atoms with E-state index in [0.717, 1.165) is 52.2 Å². The zero-order valence-electron chi connectivity index (χ0n) is 19.7. The van der Waals surface area contributed by atoms with Crippen LogP contribution in [0, 0.1) is 0 Å². The number of carbonyl (C=O) groups is 1. The monoisotopic (exact) mass is 498 g/mol. The van der Waals surface area contributed by atoms with Gasteiger partial charge in [0, 0.05) is 35.6 Å². The van der Waals surface area contributed by atoms with E-state index in [-0.39, 0.29) is 18.8 Å². The molecule has 3 aromatic carbocycles. The summed E-state index contributed by atoms with van der Waals surface area (Å²) < 4.78 is 8.14.